The first-order valence-corrected chi connectivity index (χ1v) is 8.02. The zero-order chi connectivity index (χ0) is 16.1. The predicted molar refractivity (Wildman–Crippen MR) is 92.2 cm³/mol. The van der Waals surface area contributed by atoms with Gasteiger partial charge in [-0.3, -0.25) is 4.79 Å². The standard InChI is InChI=1S/C19H22N2O2/c1-23-18-10-6-15(7-11-18)19(22)21-17-8-4-14(5-9-17)16-3-2-12-20-13-16/h4-11,16,20H,2-3,12-13H2,1H3,(H,21,22)/t16-/m1/s1. The summed E-state index contributed by atoms with van der Waals surface area (Å²) in [5.74, 6) is 1.21. The fourth-order valence-electron chi connectivity index (χ4n) is 2.92. The number of amides is 1. The number of hydrogen-bond acceptors (Lipinski definition) is 3. The largest absolute Gasteiger partial charge is 0.497 e. The lowest BCUT2D eigenvalue weighted by Crippen LogP contribution is -2.28. The number of anilines is 1. The van der Waals surface area contributed by atoms with Gasteiger partial charge in [0.1, 0.15) is 5.75 Å². The van der Waals surface area contributed by atoms with E-state index in [0.29, 0.717) is 11.5 Å². The third kappa shape index (κ3) is 3.90. The smallest absolute Gasteiger partial charge is 0.255 e. The van der Waals surface area contributed by atoms with E-state index in [4.69, 9.17) is 4.74 Å². The lowest BCUT2D eigenvalue weighted by Gasteiger charge is -2.23. The SMILES string of the molecule is COc1ccc(C(=O)Nc2ccc([C@@H]3CCCNC3)cc2)cc1. The van der Waals surface area contributed by atoms with Crippen LogP contribution < -0.4 is 15.4 Å². The molecule has 4 nitrogen and oxygen atoms in total. The van der Waals surface area contributed by atoms with Gasteiger partial charge in [0, 0.05) is 17.8 Å². The third-order valence-corrected chi connectivity index (χ3v) is 4.29. The van der Waals surface area contributed by atoms with Crippen molar-refractivity contribution in [3.63, 3.8) is 0 Å². The summed E-state index contributed by atoms with van der Waals surface area (Å²) in [6.45, 7) is 2.16. The minimum atomic E-state index is -0.111. The molecular weight excluding hydrogens is 288 g/mol. The number of hydrogen-bond donors (Lipinski definition) is 2. The van der Waals surface area contributed by atoms with Crippen molar-refractivity contribution in [3.05, 3.63) is 59.7 Å². The van der Waals surface area contributed by atoms with Gasteiger partial charge in [-0.2, -0.15) is 0 Å². The van der Waals surface area contributed by atoms with E-state index in [-0.39, 0.29) is 5.91 Å². The molecule has 0 aliphatic carbocycles. The molecule has 2 aromatic carbocycles. The second-order valence-electron chi connectivity index (χ2n) is 5.85. The van der Waals surface area contributed by atoms with E-state index < -0.39 is 0 Å². The molecule has 1 heterocycles. The third-order valence-electron chi connectivity index (χ3n) is 4.29. The zero-order valence-electron chi connectivity index (χ0n) is 13.3. The van der Waals surface area contributed by atoms with Gasteiger partial charge in [0.15, 0.2) is 0 Å². The Labute approximate surface area is 136 Å². The molecule has 1 atom stereocenters. The summed E-state index contributed by atoms with van der Waals surface area (Å²) in [7, 11) is 1.61. The van der Waals surface area contributed by atoms with E-state index in [2.05, 4.69) is 22.8 Å². The lowest BCUT2D eigenvalue weighted by atomic mass is 9.91. The molecule has 1 saturated heterocycles. The predicted octanol–water partition coefficient (Wildman–Crippen LogP) is 3.41. The van der Waals surface area contributed by atoms with E-state index in [9.17, 15) is 4.79 Å². The van der Waals surface area contributed by atoms with Crippen molar-refractivity contribution in [3.8, 4) is 5.75 Å². The van der Waals surface area contributed by atoms with Gasteiger partial charge < -0.3 is 15.4 Å². The molecule has 2 aromatic rings. The molecule has 0 saturated carbocycles. The number of piperidine rings is 1. The highest BCUT2D eigenvalue weighted by Crippen LogP contribution is 2.24. The highest BCUT2D eigenvalue weighted by molar-refractivity contribution is 6.04. The highest BCUT2D eigenvalue weighted by atomic mass is 16.5. The van der Waals surface area contributed by atoms with Gasteiger partial charge in [0.05, 0.1) is 7.11 Å². The minimum Gasteiger partial charge on any atom is -0.497 e. The van der Waals surface area contributed by atoms with Gasteiger partial charge in [-0.1, -0.05) is 12.1 Å². The van der Waals surface area contributed by atoms with Crippen molar-refractivity contribution < 1.29 is 9.53 Å². The van der Waals surface area contributed by atoms with Crippen molar-refractivity contribution in [2.75, 3.05) is 25.5 Å². The second-order valence-corrected chi connectivity index (χ2v) is 5.85. The Morgan fingerprint density at radius 1 is 1.13 bits per heavy atom. The molecule has 1 fully saturated rings. The second kappa shape index (κ2) is 7.29. The van der Waals surface area contributed by atoms with Crippen molar-refractivity contribution in [1.82, 2.24) is 5.32 Å². The Morgan fingerprint density at radius 2 is 1.87 bits per heavy atom. The average Bonchev–Trinajstić information content (AvgIpc) is 2.63. The Balaban J connectivity index is 1.63. The van der Waals surface area contributed by atoms with Crippen LogP contribution in [0.1, 0.15) is 34.7 Å². The van der Waals surface area contributed by atoms with E-state index in [0.717, 1.165) is 24.5 Å². The number of carbonyl (C=O) groups excluding carboxylic acids is 1. The van der Waals surface area contributed by atoms with Gasteiger partial charge in [-0.05, 0) is 67.3 Å². The first kappa shape index (κ1) is 15.6. The molecule has 0 unspecified atom stereocenters. The molecule has 120 valence electrons. The summed E-state index contributed by atoms with van der Waals surface area (Å²) in [6.07, 6.45) is 2.45. The van der Waals surface area contributed by atoms with Crippen LogP contribution in [0.25, 0.3) is 0 Å². The zero-order valence-corrected chi connectivity index (χ0v) is 13.3. The molecule has 23 heavy (non-hydrogen) atoms. The molecule has 1 aliphatic rings. The van der Waals surface area contributed by atoms with Crippen LogP contribution in [-0.4, -0.2) is 26.1 Å². The Bertz CT molecular complexity index is 644. The van der Waals surface area contributed by atoms with Crippen molar-refractivity contribution in [2.45, 2.75) is 18.8 Å². The summed E-state index contributed by atoms with van der Waals surface area (Å²) in [5.41, 5.74) is 2.77. The molecule has 4 heteroatoms. The van der Waals surface area contributed by atoms with Gasteiger partial charge in [0.25, 0.3) is 5.91 Å². The summed E-state index contributed by atoms with van der Waals surface area (Å²) in [6, 6.07) is 15.3. The summed E-state index contributed by atoms with van der Waals surface area (Å²) >= 11 is 0. The molecule has 0 radical (unpaired) electrons. The highest BCUT2D eigenvalue weighted by Gasteiger charge is 2.15. The Morgan fingerprint density at radius 3 is 2.48 bits per heavy atom. The Kier molecular flexibility index (Phi) is 4.93. The number of rotatable bonds is 4. The average molecular weight is 310 g/mol. The van der Waals surface area contributed by atoms with Gasteiger partial charge in [-0.15, -0.1) is 0 Å². The van der Waals surface area contributed by atoms with E-state index in [1.54, 1.807) is 31.4 Å². The topological polar surface area (TPSA) is 50.4 Å². The van der Waals surface area contributed by atoms with Crippen LogP contribution in [0, 0.1) is 0 Å². The first-order valence-electron chi connectivity index (χ1n) is 8.02. The number of ether oxygens (including phenoxy) is 1. The van der Waals surface area contributed by atoms with Crippen LogP contribution in [-0.2, 0) is 0 Å². The Hall–Kier alpha value is -2.33. The van der Waals surface area contributed by atoms with Crippen molar-refractivity contribution in [2.24, 2.45) is 0 Å². The molecule has 1 aliphatic heterocycles. The molecule has 2 N–H and O–H groups in total. The fourth-order valence-corrected chi connectivity index (χ4v) is 2.92. The number of nitrogens with one attached hydrogen (secondary N) is 2. The maximum Gasteiger partial charge on any atom is 0.255 e. The number of benzene rings is 2. The van der Waals surface area contributed by atoms with Crippen LogP contribution in [0.5, 0.6) is 5.75 Å². The molecule has 3 rings (SSSR count). The van der Waals surface area contributed by atoms with Gasteiger partial charge in [0.2, 0.25) is 0 Å². The summed E-state index contributed by atoms with van der Waals surface area (Å²) in [5, 5.41) is 6.36. The van der Waals surface area contributed by atoms with Crippen LogP contribution in [0.2, 0.25) is 0 Å². The maximum absolute atomic E-state index is 12.2. The van der Waals surface area contributed by atoms with E-state index >= 15 is 0 Å². The summed E-state index contributed by atoms with van der Waals surface area (Å²) < 4.78 is 5.10. The van der Waals surface area contributed by atoms with Crippen LogP contribution >= 0.6 is 0 Å². The van der Waals surface area contributed by atoms with Crippen LogP contribution in [0.15, 0.2) is 48.5 Å². The molecule has 0 aromatic heterocycles. The monoisotopic (exact) mass is 310 g/mol. The number of methoxy groups -OCH3 is 1. The quantitative estimate of drug-likeness (QED) is 0.910. The van der Waals surface area contributed by atoms with Crippen LogP contribution in [0.3, 0.4) is 0 Å². The minimum absolute atomic E-state index is 0.111. The molecule has 1 amide bonds. The maximum atomic E-state index is 12.2. The van der Waals surface area contributed by atoms with E-state index in [1.165, 1.54) is 18.4 Å². The van der Waals surface area contributed by atoms with Gasteiger partial charge >= 0.3 is 0 Å². The molecule has 0 spiro atoms. The fraction of sp³-hybridized carbons (Fsp3) is 0.316. The number of carbonyl (C=O) groups is 1. The lowest BCUT2D eigenvalue weighted by molar-refractivity contribution is 0.102. The molecule has 0 bridgehead atoms. The van der Waals surface area contributed by atoms with Crippen LogP contribution in [0.4, 0.5) is 5.69 Å². The van der Waals surface area contributed by atoms with Crippen molar-refractivity contribution in [1.29, 1.82) is 0 Å². The normalized spacial score (nSPS) is 17.5. The van der Waals surface area contributed by atoms with Crippen molar-refractivity contribution >= 4 is 11.6 Å². The summed E-state index contributed by atoms with van der Waals surface area (Å²) in [4.78, 5) is 12.2. The van der Waals surface area contributed by atoms with E-state index in [1.807, 2.05) is 12.1 Å². The molecular formula is C19H22N2O2. The van der Waals surface area contributed by atoms with Gasteiger partial charge in [-0.25, -0.2) is 0 Å². The first-order chi connectivity index (χ1) is 11.3.